The van der Waals surface area contributed by atoms with E-state index in [4.69, 9.17) is 9.47 Å². The van der Waals surface area contributed by atoms with Crippen molar-refractivity contribution in [2.45, 2.75) is 33.2 Å². The molecule has 0 aromatic heterocycles. The van der Waals surface area contributed by atoms with Crippen molar-refractivity contribution in [3.63, 3.8) is 0 Å². The maximum atomic E-state index is 11.6. The van der Waals surface area contributed by atoms with E-state index in [0.717, 1.165) is 13.2 Å². The Labute approximate surface area is 97.9 Å². The second-order valence-corrected chi connectivity index (χ2v) is 5.66. The number of carbonyl (C=O) groups is 1. The molecule has 16 heavy (non-hydrogen) atoms. The van der Waals surface area contributed by atoms with Crippen LogP contribution in [0.3, 0.4) is 0 Å². The average Bonchev–Trinajstić information content (AvgIpc) is 2.19. The Hall–Kier alpha value is -0.610. The molecule has 0 atom stereocenters. The quantitative estimate of drug-likeness (QED) is 0.684. The molecule has 0 saturated carbocycles. The van der Waals surface area contributed by atoms with Crippen LogP contribution < -0.4 is 0 Å². The van der Waals surface area contributed by atoms with Gasteiger partial charge in [0.05, 0.1) is 25.7 Å². The molecule has 0 bridgehead atoms. The van der Waals surface area contributed by atoms with Crippen molar-refractivity contribution in [2.75, 3.05) is 33.4 Å². The van der Waals surface area contributed by atoms with E-state index in [-0.39, 0.29) is 11.5 Å². The van der Waals surface area contributed by atoms with Gasteiger partial charge in [-0.1, -0.05) is 0 Å². The first-order valence-corrected chi connectivity index (χ1v) is 5.71. The van der Waals surface area contributed by atoms with Gasteiger partial charge in [0, 0.05) is 18.6 Å². The molecule has 1 aliphatic rings. The minimum Gasteiger partial charge on any atom is -0.469 e. The second kappa shape index (κ2) is 4.72. The topological polar surface area (TPSA) is 38.8 Å². The van der Waals surface area contributed by atoms with Crippen molar-refractivity contribution >= 4 is 5.97 Å². The van der Waals surface area contributed by atoms with Crippen LogP contribution in [0.4, 0.5) is 0 Å². The Morgan fingerprint density at radius 3 is 2.62 bits per heavy atom. The molecule has 0 N–H and O–H groups in total. The summed E-state index contributed by atoms with van der Waals surface area (Å²) in [5, 5.41) is 0. The van der Waals surface area contributed by atoms with Crippen molar-refractivity contribution < 1.29 is 14.3 Å². The fraction of sp³-hybridized carbons (Fsp3) is 0.917. The third-order valence-corrected chi connectivity index (χ3v) is 3.14. The fourth-order valence-corrected chi connectivity index (χ4v) is 2.00. The fourth-order valence-electron chi connectivity index (χ4n) is 2.00. The highest BCUT2D eigenvalue weighted by atomic mass is 16.5. The Balaban J connectivity index is 2.68. The molecule has 0 spiro atoms. The number of morpholine rings is 1. The lowest BCUT2D eigenvalue weighted by Crippen LogP contribution is -2.56. The minimum atomic E-state index is -0.469. The third kappa shape index (κ3) is 2.95. The largest absolute Gasteiger partial charge is 0.469 e. The molecule has 1 fully saturated rings. The number of nitrogens with zero attached hydrogens (tertiary/aromatic N) is 1. The van der Waals surface area contributed by atoms with Crippen molar-refractivity contribution in [1.29, 1.82) is 0 Å². The van der Waals surface area contributed by atoms with E-state index in [1.54, 1.807) is 0 Å². The molecule has 4 nitrogen and oxygen atoms in total. The van der Waals surface area contributed by atoms with Gasteiger partial charge in [0.25, 0.3) is 0 Å². The zero-order chi connectivity index (χ0) is 12.4. The highest BCUT2D eigenvalue weighted by Gasteiger charge is 2.38. The van der Waals surface area contributed by atoms with E-state index in [1.165, 1.54) is 7.11 Å². The maximum Gasteiger partial charge on any atom is 0.312 e. The first-order chi connectivity index (χ1) is 7.29. The van der Waals surface area contributed by atoms with Gasteiger partial charge in [-0.05, 0) is 27.7 Å². The summed E-state index contributed by atoms with van der Waals surface area (Å²) in [7, 11) is 1.44. The summed E-state index contributed by atoms with van der Waals surface area (Å²) in [5.74, 6) is -0.158. The number of esters is 1. The maximum absolute atomic E-state index is 11.6. The standard InChI is InChI=1S/C12H23NO3/c1-11(2,10(14)15-5)8-13-6-7-16-9-12(13,3)4/h6-9H2,1-5H3. The van der Waals surface area contributed by atoms with Crippen LogP contribution >= 0.6 is 0 Å². The van der Waals surface area contributed by atoms with Crippen LogP contribution in [0.15, 0.2) is 0 Å². The van der Waals surface area contributed by atoms with Gasteiger partial charge in [0.2, 0.25) is 0 Å². The molecule has 0 aliphatic carbocycles. The minimum absolute atomic E-state index is 0.0104. The van der Waals surface area contributed by atoms with Gasteiger partial charge in [-0.3, -0.25) is 9.69 Å². The molecule has 0 amide bonds. The lowest BCUT2D eigenvalue weighted by molar-refractivity contribution is -0.154. The monoisotopic (exact) mass is 229 g/mol. The van der Waals surface area contributed by atoms with Gasteiger partial charge in [0.15, 0.2) is 0 Å². The van der Waals surface area contributed by atoms with Crippen molar-refractivity contribution in [1.82, 2.24) is 4.90 Å². The van der Waals surface area contributed by atoms with Gasteiger partial charge >= 0.3 is 5.97 Å². The molecule has 0 unspecified atom stereocenters. The Kier molecular flexibility index (Phi) is 3.97. The highest BCUT2D eigenvalue weighted by molar-refractivity contribution is 5.76. The molecule has 1 aliphatic heterocycles. The molecule has 94 valence electrons. The smallest absolute Gasteiger partial charge is 0.312 e. The number of hydrogen-bond donors (Lipinski definition) is 0. The SMILES string of the molecule is COC(=O)C(C)(C)CN1CCOCC1(C)C. The third-order valence-electron chi connectivity index (χ3n) is 3.14. The molecule has 4 heteroatoms. The zero-order valence-corrected chi connectivity index (χ0v) is 11.0. The summed E-state index contributed by atoms with van der Waals surface area (Å²) in [6.07, 6.45) is 0. The number of methoxy groups -OCH3 is 1. The molecule has 1 rings (SSSR count). The van der Waals surface area contributed by atoms with Gasteiger partial charge in [-0.25, -0.2) is 0 Å². The van der Waals surface area contributed by atoms with Crippen LogP contribution in [0.1, 0.15) is 27.7 Å². The summed E-state index contributed by atoms with van der Waals surface area (Å²) in [4.78, 5) is 13.9. The summed E-state index contributed by atoms with van der Waals surface area (Å²) >= 11 is 0. The van der Waals surface area contributed by atoms with Gasteiger partial charge in [-0.15, -0.1) is 0 Å². The molecule has 0 radical (unpaired) electrons. The molecule has 1 saturated heterocycles. The van der Waals surface area contributed by atoms with E-state index in [1.807, 2.05) is 13.8 Å². The van der Waals surface area contributed by atoms with E-state index in [2.05, 4.69) is 18.7 Å². The first-order valence-electron chi connectivity index (χ1n) is 5.71. The van der Waals surface area contributed by atoms with Gasteiger partial charge in [-0.2, -0.15) is 0 Å². The molecular formula is C12H23NO3. The van der Waals surface area contributed by atoms with Crippen LogP contribution in [0.2, 0.25) is 0 Å². The lowest BCUT2D eigenvalue weighted by atomic mass is 9.90. The highest BCUT2D eigenvalue weighted by Crippen LogP contribution is 2.26. The molecule has 1 heterocycles. The van der Waals surface area contributed by atoms with Crippen LogP contribution in [0.5, 0.6) is 0 Å². The van der Waals surface area contributed by atoms with Crippen LogP contribution in [0, 0.1) is 5.41 Å². The molecule has 0 aromatic carbocycles. The summed E-state index contributed by atoms with van der Waals surface area (Å²) in [5.41, 5.74) is -0.479. The molecule has 0 aromatic rings. The van der Waals surface area contributed by atoms with Crippen molar-refractivity contribution in [3.05, 3.63) is 0 Å². The zero-order valence-electron chi connectivity index (χ0n) is 11.0. The number of rotatable bonds is 3. The Morgan fingerprint density at radius 2 is 2.12 bits per heavy atom. The number of hydrogen-bond acceptors (Lipinski definition) is 4. The van der Waals surface area contributed by atoms with Crippen LogP contribution in [-0.2, 0) is 14.3 Å². The van der Waals surface area contributed by atoms with E-state index >= 15 is 0 Å². The van der Waals surface area contributed by atoms with Crippen molar-refractivity contribution in [2.24, 2.45) is 5.41 Å². The van der Waals surface area contributed by atoms with E-state index in [0.29, 0.717) is 13.2 Å². The summed E-state index contributed by atoms with van der Waals surface area (Å²) in [6.45, 7) is 11.1. The lowest BCUT2D eigenvalue weighted by Gasteiger charge is -2.44. The number of ether oxygens (including phenoxy) is 2. The van der Waals surface area contributed by atoms with Crippen LogP contribution in [-0.4, -0.2) is 49.8 Å². The van der Waals surface area contributed by atoms with E-state index < -0.39 is 5.41 Å². The van der Waals surface area contributed by atoms with Crippen molar-refractivity contribution in [3.8, 4) is 0 Å². The normalized spacial score (nSPS) is 21.8. The predicted molar refractivity (Wildman–Crippen MR) is 62.3 cm³/mol. The Bertz CT molecular complexity index is 261. The van der Waals surface area contributed by atoms with Crippen LogP contribution in [0.25, 0.3) is 0 Å². The van der Waals surface area contributed by atoms with E-state index in [9.17, 15) is 4.79 Å². The van der Waals surface area contributed by atoms with Gasteiger partial charge in [0.1, 0.15) is 0 Å². The second-order valence-electron chi connectivity index (χ2n) is 5.66. The summed E-state index contributed by atoms with van der Waals surface area (Å²) in [6, 6.07) is 0. The summed E-state index contributed by atoms with van der Waals surface area (Å²) < 4.78 is 10.3. The van der Waals surface area contributed by atoms with Gasteiger partial charge < -0.3 is 9.47 Å². The number of carbonyl (C=O) groups excluding carboxylic acids is 1. The Morgan fingerprint density at radius 1 is 1.50 bits per heavy atom. The average molecular weight is 229 g/mol. The predicted octanol–water partition coefficient (Wildman–Crippen LogP) is 1.30. The molecular weight excluding hydrogens is 206 g/mol. The first kappa shape index (κ1) is 13.5.